The zero-order valence-electron chi connectivity index (χ0n) is 9.70. The Balaban J connectivity index is 2.45. The van der Waals surface area contributed by atoms with Gasteiger partial charge in [-0.15, -0.1) is 0 Å². The molecule has 0 fully saturated rings. The SMILES string of the molecule is Cc1ccc(C)c(-c2ccc(CN)nc2)c1. The largest absolute Gasteiger partial charge is 0.325 e. The summed E-state index contributed by atoms with van der Waals surface area (Å²) in [6.45, 7) is 4.71. The average Bonchev–Trinajstić information content (AvgIpc) is 2.32. The highest BCUT2D eigenvalue weighted by Gasteiger charge is 2.02. The third-order valence-corrected chi connectivity index (χ3v) is 2.74. The van der Waals surface area contributed by atoms with Crippen molar-refractivity contribution >= 4 is 0 Å². The molecule has 2 aromatic rings. The van der Waals surface area contributed by atoms with E-state index in [1.54, 1.807) is 0 Å². The van der Waals surface area contributed by atoms with Crippen molar-refractivity contribution in [2.75, 3.05) is 0 Å². The normalized spacial score (nSPS) is 10.4. The van der Waals surface area contributed by atoms with Gasteiger partial charge >= 0.3 is 0 Å². The summed E-state index contributed by atoms with van der Waals surface area (Å²) in [4.78, 5) is 4.32. The second kappa shape index (κ2) is 4.45. The van der Waals surface area contributed by atoms with Crippen molar-refractivity contribution in [2.24, 2.45) is 5.73 Å². The minimum atomic E-state index is 0.493. The molecule has 0 saturated heterocycles. The number of nitrogens with two attached hydrogens (primary N) is 1. The Morgan fingerprint density at radius 1 is 1.12 bits per heavy atom. The Bertz CT molecular complexity index is 487. The first-order valence-corrected chi connectivity index (χ1v) is 5.43. The molecule has 1 heterocycles. The lowest BCUT2D eigenvalue weighted by Crippen LogP contribution is -1.98. The van der Waals surface area contributed by atoms with Crippen LogP contribution in [0.2, 0.25) is 0 Å². The van der Waals surface area contributed by atoms with Crippen LogP contribution in [-0.2, 0) is 6.54 Å². The maximum atomic E-state index is 5.53. The van der Waals surface area contributed by atoms with Crippen molar-refractivity contribution in [3.63, 3.8) is 0 Å². The van der Waals surface area contributed by atoms with Crippen LogP contribution in [0.4, 0.5) is 0 Å². The number of hydrogen-bond acceptors (Lipinski definition) is 2. The third-order valence-electron chi connectivity index (χ3n) is 2.74. The second-order valence-electron chi connectivity index (χ2n) is 4.06. The lowest BCUT2D eigenvalue weighted by Gasteiger charge is -2.07. The number of rotatable bonds is 2. The van der Waals surface area contributed by atoms with Crippen LogP contribution >= 0.6 is 0 Å². The van der Waals surface area contributed by atoms with E-state index in [-0.39, 0.29) is 0 Å². The van der Waals surface area contributed by atoms with Crippen LogP contribution in [0.1, 0.15) is 16.8 Å². The molecule has 82 valence electrons. The maximum absolute atomic E-state index is 5.53. The Hall–Kier alpha value is -1.67. The number of nitrogens with zero attached hydrogens (tertiary/aromatic N) is 1. The van der Waals surface area contributed by atoms with Gasteiger partial charge in [0.2, 0.25) is 0 Å². The van der Waals surface area contributed by atoms with Crippen LogP contribution in [0.25, 0.3) is 11.1 Å². The number of benzene rings is 1. The van der Waals surface area contributed by atoms with E-state index in [9.17, 15) is 0 Å². The van der Waals surface area contributed by atoms with Crippen molar-refractivity contribution < 1.29 is 0 Å². The predicted molar refractivity (Wildman–Crippen MR) is 67.0 cm³/mol. The van der Waals surface area contributed by atoms with Gasteiger partial charge in [0, 0.05) is 18.3 Å². The second-order valence-corrected chi connectivity index (χ2v) is 4.06. The molecule has 2 rings (SSSR count). The van der Waals surface area contributed by atoms with Gasteiger partial charge in [0.15, 0.2) is 0 Å². The first-order chi connectivity index (χ1) is 7.70. The molecular weight excluding hydrogens is 196 g/mol. The molecule has 0 radical (unpaired) electrons. The van der Waals surface area contributed by atoms with Crippen molar-refractivity contribution in [1.29, 1.82) is 0 Å². The summed E-state index contributed by atoms with van der Waals surface area (Å²) >= 11 is 0. The molecule has 0 unspecified atom stereocenters. The van der Waals surface area contributed by atoms with Crippen molar-refractivity contribution in [2.45, 2.75) is 20.4 Å². The molecule has 0 aliphatic carbocycles. The Morgan fingerprint density at radius 3 is 2.56 bits per heavy atom. The zero-order chi connectivity index (χ0) is 11.5. The van der Waals surface area contributed by atoms with E-state index in [0.717, 1.165) is 11.3 Å². The van der Waals surface area contributed by atoms with Crippen LogP contribution in [-0.4, -0.2) is 4.98 Å². The first-order valence-electron chi connectivity index (χ1n) is 5.43. The summed E-state index contributed by atoms with van der Waals surface area (Å²) in [5.41, 5.74) is 11.4. The molecule has 0 aliphatic rings. The highest BCUT2D eigenvalue weighted by Crippen LogP contribution is 2.23. The van der Waals surface area contributed by atoms with Gasteiger partial charge in [0.1, 0.15) is 0 Å². The van der Waals surface area contributed by atoms with Gasteiger partial charge in [0.05, 0.1) is 5.69 Å². The topological polar surface area (TPSA) is 38.9 Å². The standard InChI is InChI=1S/C14H16N2/c1-10-3-4-11(2)14(7-10)12-5-6-13(8-15)16-9-12/h3-7,9H,8,15H2,1-2H3. The lowest BCUT2D eigenvalue weighted by molar-refractivity contribution is 0.991. The Kier molecular flexibility index (Phi) is 3.02. The molecule has 1 aromatic carbocycles. The highest BCUT2D eigenvalue weighted by molar-refractivity contribution is 5.67. The summed E-state index contributed by atoms with van der Waals surface area (Å²) in [6, 6.07) is 10.5. The van der Waals surface area contributed by atoms with E-state index >= 15 is 0 Å². The zero-order valence-corrected chi connectivity index (χ0v) is 9.70. The molecule has 0 saturated carbocycles. The number of aromatic nitrogens is 1. The minimum Gasteiger partial charge on any atom is -0.325 e. The van der Waals surface area contributed by atoms with Gasteiger partial charge in [-0.3, -0.25) is 4.98 Å². The molecule has 2 heteroatoms. The summed E-state index contributed by atoms with van der Waals surface area (Å²) < 4.78 is 0. The first kappa shape index (κ1) is 10.8. The molecule has 1 aromatic heterocycles. The van der Waals surface area contributed by atoms with Crippen molar-refractivity contribution in [1.82, 2.24) is 4.98 Å². The van der Waals surface area contributed by atoms with Crippen LogP contribution in [0.15, 0.2) is 36.5 Å². The third kappa shape index (κ3) is 2.12. The van der Waals surface area contributed by atoms with E-state index < -0.39 is 0 Å². The van der Waals surface area contributed by atoms with Gasteiger partial charge in [-0.25, -0.2) is 0 Å². The van der Waals surface area contributed by atoms with Crippen molar-refractivity contribution in [3.05, 3.63) is 53.3 Å². The summed E-state index contributed by atoms with van der Waals surface area (Å²) in [5.74, 6) is 0. The summed E-state index contributed by atoms with van der Waals surface area (Å²) in [7, 11) is 0. The monoisotopic (exact) mass is 212 g/mol. The van der Waals surface area contributed by atoms with Gasteiger partial charge in [-0.05, 0) is 31.0 Å². The van der Waals surface area contributed by atoms with Crippen LogP contribution in [0.5, 0.6) is 0 Å². The molecule has 0 bridgehead atoms. The van der Waals surface area contributed by atoms with Gasteiger partial charge < -0.3 is 5.73 Å². The fourth-order valence-corrected chi connectivity index (χ4v) is 1.75. The lowest BCUT2D eigenvalue weighted by atomic mass is 10.00. The molecule has 2 nitrogen and oxygen atoms in total. The molecule has 16 heavy (non-hydrogen) atoms. The van der Waals surface area contributed by atoms with Crippen LogP contribution in [0.3, 0.4) is 0 Å². The fourth-order valence-electron chi connectivity index (χ4n) is 1.75. The Labute approximate surface area is 96.1 Å². The molecular formula is C14H16N2. The molecule has 0 atom stereocenters. The molecule has 0 amide bonds. The Morgan fingerprint density at radius 2 is 1.94 bits per heavy atom. The number of hydrogen-bond donors (Lipinski definition) is 1. The van der Waals surface area contributed by atoms with Gasteiger partial charge in [-0.1, -0.05) is 29.8 Å². The molecule has 0 aliphatic heterocycles. The van der Waals surface area contributed by atoms with Crippen LogP contribution < -0.4 is 5.73 Å². The van der Waals surface area contributed by atoms with Crippen LogP contribution in [0, 0.1) is 13.8 Å². The summed E-state index contributed by atoms with van der Waals surface area (Å²) in [6.07, 6.45) is 1.89. The fraction of sp³-hybridized carbons (Fsp3) is 0.214. The smallest absolute Gasteiger partial charge is 0.0539 e. The number of aryl methyl sites for hydroxylation is 2. The predicted octanol–water partition coefficient (Wildman–Crippen LogP) is 2.82. The highest BCUT2D eigenvalue weighted by atomic mass is 14.7. The maximum Gasteiger partial charge on any atom is 0.0539 e. The van der Waals surface area contributed by atoms with E-state index in [1.165, 1.54) is 16.7 Å². The van der Waals surface area contributed by atoms with Gasteiger partial charge in [0.25, 0.3) is 0 Å². The van der Waals surface area contributed by atoms with E-state index in [1.807, 2.05) is 12.3 Å². The average molecular weight is 212 g/mol. The minimum absolute atomic E-state index is 0.493. The number of pyridine rings is 1. The molecule has 0 spiro atoms. The quantitative estimate of drug-likeness (QED) is 0.831. The van der Waals surface area contributed by atoms with Crippen molar-refractivity contribution in [3.8, 4) is 11.1 Å². The van der Waals surface area contributed by atoms with Gasteiger partial charge in [-0.2, -0.15) is 0 Å². The van der Waals surface area contributed by atoms with E-state index in [0.29, 0.717) is 6.54 Å². The van der Waals surface area contributed by atoms with E-state index in [2.05, 4.69) is 43.1 Å². The molecule has 2 N–H and O–H groups in total. The van der Waals surface area contributed by atoms with E-state index in [4.69, 9.17) is 5.73 Å². The summed E-state index contributed by atoms with van der Waals surface area (Å²) in [5, 5.41) is 0.